The number of benzene rings is 1. The number of amides is 1. The monoisotopic (exact) mass is 381 g/mol. The summed E-state index contributed by atoms with van der Waals surface area (Å²) in [5.74, 6) is 0.346. The lowest BCUT2D eigenvalue weighted by Crippen LogP contribution is -2.37. The van der Waals surface area contributed by atoms with Gasteiger partial charge in [-0.25, -0.2) is 13.4 Å². The Balaban J connectivity index is 1.64. The first-order valence-corrected chi connectivity index (χ1v) is 10.7. The van der Waals surface area contributed by atoms with E-state index in [1.807, 2.05) is 23.6 Å². The molecule has 0 saturated carbocycles. The lowest BCUT2D eigenvalue weighted by Gasteiger charge is -2.09. The molecule has 1 unspecified atom stereocenters. The van der Waals surface area contributed by atoms with Crippen molar-refractivity contribution in [3.63, 3.8) is 0 Å². The number of anilines is 1. The molecule has 134 valence electrons. The molecule has 0 bridgehead atoms. The molecule has 1 aliphatic heterocycles. The highest BCUT2D eigenvalue weighted by Crippen LogP contribution is 2.31. The van der Waals surface area contributed by atoms with E-state index in [0.717, 1.165) is 35.2 Å². The Labute approximate surface area is 150 Å². The number of fused-ring (bicyclic) bond motifs is 1. The van der Waals surface area contributed by atoms with Gasteiger partial charge in [0.15, 0.2) is 5.13 Å². The Hall–Kier alpha value is -1.97. The summed E-state index contributed by atoms with van der Waals surface area (Å²) in [5.41, 5.74) is 8.61. The number of aromatic nitrogens is 1. The van der Waals surface area contributed by atoms with Crippen molar-refractivity contribution >= 4 is 32.2 Å². The molecule has 1 amide bonds. The second-order valence-electron chi connectivity index (χ2n) is 5.97. The van der Waals surface area contributed by atoms with Crippen molar-refractivity contribution < 1.29 is 17.9 Å². The zero-order valence-electron chi connectivity index (χ0n) is 13.7. The van der Waals surface area contributed by atoms with Gasteiger partial charge in [-0.2, -0.15) is 0 Å². The molecule has 3 rings (SSSR count). The summed E-state index contributed by atoms with van der Waals surface area (Å²) < 4.78 is 27.8. The van der Waals surface area contributed by atoms with Crippen molar-refractivity contribution in [2.75, 3.05) is 23.9 Å². The highest BCUT2D eigenvalue weighted by Gasteiger charge is 2.18. The fourth-order valence-electron chi connectivity index (χ4n) is 2.48. The first kappa shape index (κ1) is 17.8. The van der Waals surface area contributed by atoms with Gasteiger partial charge in [0.05, 0.1) is 24.1 Å². The van der Waals surface area contributed by atoms with E-state index in [1.54, 1.807) is 0 Å². The van der Waals surface area contributed by atoms with Crippen LogP contribution < -0.4 is 15.8 Å². The minimum absolute atomic E-state index is 0.0771. The summed E-state index contributed by atoms with van der Waals surface area (Å²) >= 11 is 1.30. The molecule has 1 aromatic carbocycles. The summed E-state index contributed by atoms with van der Waals surface area (Å²) in [7, 11) is -3.15. The van der Waals surface area contributed by atoms with Crippen molar-refractivity contribution in [3.05, 3.63) is 29.1 Å². The van der Waals surface area contributed by atoms with E-state index in [0.29, 0.717) is 11.7 Å². The molecule has 1 aromatic heterocycles. The van der Waals surface area contributed by atoms with Crippen molar-refractivity contribution in [2.24, 2.45) is 5.73 Å². The van der Waals surface area contributed by atoms with Crippen molar-refractivity contribution in [2.45, 2.75) is 18.9 Å². The highest BCUT2D eigenvalue weighted by molar-refractivity contribution is 7.90. The minimum Gasteiger partial charge on any atom is -0.493 e. The number of rotatable bonds is 6. The van der Waals surface area contributed by atoms with E-state index in [9.17, 15) is 13.2 Å². The van der Waals surface area contributed by atoms with Crippen molar-refractivity contribution in [3.8, 4) is 17.0 Å². The molecule has 0 saturated heterocycles. The third-order valence-electron chi connectivity index (χ3n) is 3.86. The molecular weight excluding hydrogens is 362 g/mol. The summed E-state index contributed by atoms with van der Waals surface area (Å²) in [6.07, 6.45) is 2.08. The van der Waals surface area contributed by atoms with Gasteiger partial charge in [-0.15, -0.1) is 11.3 Å². The molecule has 2 aromatic rings. The standard InChI is InChI=1S/C16H19N3O4S2/c1-25(21,22)7-5-12(17)15(20)19-16-18-13(9-24-16)10-2-3-14-11(8-10)4-6-23-14/h2-3,8-9,12H,4-7,17H2,1H3,(H,18,19,20). The van der Waals surface area contributed by atoms with Crippen LogP contribution in [0.2, 0.25) is 0 Å². The molecule has 9 heteroatoms. The van der Waals surface area contributed by atoms with E-state index in [4.69, 9.17) is 10.5 Å². The maximum absolute atomic E-state index is 12.0. The van der Waals surface area contributed by atoms with Crippen LogP contribution >= 0.6 is 11.3 Å². The Morgan fingerprint density at radius 3 is 3.04 bits per heavy atom. The largest absolute Gasteiger partial charge is 0.493 e. The molecule has 0 aliphatic carbocycles. The number of thiazole rings is 1. The predicted octanol–water partition coefficient (Wildman–Crippen LogP) is 1.45. The molecule has 0 radical (unpaired) electrons. The number of nitrogens with one attached hydrogen (secondary N) is 1. The molecule has 1 aliphatic rings. The summed E-state index contributed by atoms with van der Waals surface area (Å²) in [4.78, 5) is 16.5. The lowest BCUT2D eigenvalue weighted by atomic mass is 10.1. The molecule has 1 atom stereocenters. The van der Waals surface area contributed by atoms with Crippen LogP contribution in [0.15, 0.2) is 23.6 Å². The summed E-state index contributed by atoms with van der Waals surface area (Å²) in [5, 5.41) is 4.94. The van der Waals surface area contributed by atoms with Crippen LogP contribution in [-0.2, 0) is 21.1 Å². The number of hydrogen-bond donors (Lipinski definition) is 2. The smallest absolute Gasteiger partial charge is 0.243 e. The number of nitrogens with two attached hydrogens (primary N) is 1. The zero-order chi connectivity index (χ0) is 18.0. The zero-order valence-corrected chi connectivity index (χ0v) is 15.3. The van der Waals surface area contributed by atoms with E-state index in [-0.39, 0.29) is 12.2 Å². The quantitative estimate of drug-likeness (QED) is 0.783. The fraction of sp³-hybridized carbons (Fsp3) is 0.375. The van der Waals surface area contributed by atoms with Crippen LogP contribution in [0.25, 0.3) is 11.3 Å². The molecule has 3 N–H and O–H groups in total. The van der Waals surface area contributed by atoms with Gasteiger partial charge >= 0.3 is 0 Å². The fourth-order valence-corrected chi connectivity index (χ4v) is 3.88. The summed E-state index contributed by atoms with van der Waals surface area (Å²) in [6, 6.07) is 5.01. The summed E-state index contributed by atoms with van der Waals surface area (Å²) in [6.45, 7) is 0.697. The maximum Gasteiger partial charge on any atom is 0.243 e. The number of carbonyl (C=O) groups excluding carboxylic acids is 1. The third kappa shape index (κ3) is 4.56. The van der Waals surface area contributed by atoms with Crippen LogP contribution in [0, 0.1) is 0 Å². The van der Waals surface area contributed by atoms with Crippen molar-refractivity contribution in [1.29, 1.82) is 0 Å². The van der Waals surface area contributed by atoms with Gasteiger partial charge in [0.1, 0.15) is 15.6 Å². The number of hydrogen-bond acceptors (Lipinski definition) is 7. The molecule has 25 heavy (non-hydrogen) atoms. The maximum atomic E-state index is 12.0. The van der Waals surface area contributed by atoms with Gasteiger partial charge in [-0.1, -0.05) is 0 Å². The van der Waals surface area contributed by atoms with Crippen LogP contribution in [0.5, 0.6) is 5.75 Å². The molecule has 0 spiro atoms. The number of ether oxygens (including phenoxy) is 1. The van der Waals surface area contributed by atoms with E-state index in [1.165, 1.54) is 11.3 Å². The van der Waals surface area contributed by atoms with E-state index >= 15 is 0 Å². The molecule has 7 nitrogen and oxygen atoms in total. The van der Waals surface area contributed by atoms with E-state index < -0.39 is 21.8 Å². The van der Waals surface area contributed by atoms with Gasteiger partial charge in [0, 0.05) is 23.6 Å². The molecular formula is C16H19N3O4S2. The number of sulfone groups is 1. The normalized spacial score (nSPS) is 14.6. The first-order valence-electron chi connectivity index (χ1n) is 7.77. The van der Waals surface area contributed by atoms with Crippen LogP contribution in [0.1, 0.15) is 12.0 Å². The second-order valence-corrected chi connectivity index (χ2v) is 9.09. The molecule has 2 heterocycles. The molecule has 0 fully saturated rings. The third-order valence-corrected chi connectivity index (χ3v) is 5.59. The number of carbonyl (C=O) groups is 1. The Morgan fingerprint density at radius 1 is 1.48 bits per heavy atom. The average molecular weight is 381 g/mol. The van der Waals surface area contributed by atoms with E-state index in [2.05, 4.69) is 10.3 Å². The highest BCUT2D eigenvalue weighted by atomic mass is 32.2. The van der Waals surface area contributed by atoms with Crippen LogP contribution in [0.3, 0.4) is 0 Å². The Kier molecular flexibility index (Phi) is 5.07. The minimum atomic E-state index is -3.15. The Bertz CT molecular complexity index is 893. The predicted molar refractivity (Wildman–Crippen MR) is 97.7 cm³/mol. The average Bonchev–Trinajstić information content (AvgIpc) is 3.19. The van der Waals surface area contributed by atoms with Crippen LogP contribution in [0.4, 0.5) is 5.13 Å². The van der Waals surface area contributed by atoms with Gasteiger partial charge < -0.3 is 15.8 Å². The Morgan fingerprint density at radius 2 is 2.28 bits per heavy atom. The first-order chi connectivity index (χ1) is 11.8. The van der Waals surface area contributed by atoms with Crippen molar-refractivity contribution in [1.82, 2.24) is 4.98 Å². The van der Waals surface area contributed by atoms with Crippen LogP contribution in [-0.4, -0.2) is 44.0 Å². The second kappa shape index (κ2) is 7.11. The lowest BCUT2D eigenvalue weighted by molar-refractivity contribution is -0.117. The van der Waals surface area contributed by atoms with Gasteiger partial charge in [0.2, 0.25) is 5.91 Å². The van der Waals surface area contributed by atoms with Gasteiger partial charge in [-0.05, 0) is 30.2 Å². The van der Waals surface area contributed by atoms with Gasteiger partial charge in [-0.3, -0.25) is 4.79 Å². The number of nitrogens with zero attached hydrogens (tertiary/aromatic N) is 1. The SMILES string of the molecule is CS(=O)(=O)CCC(N)C(=O)Nc1nc(-c2ccc3c(c2)CCO3)cs1. The topological polar surface area (TPSA) is 111 Å². The van der Waals surface area contributed by atoms with Gasteiger partial charge in [0.25, 0.3) is 0 Å².